The Hall–Kier alpha value is -3.42. The molecule has 5 rings (SSSR count). The third-order valence-electron chi connectivity index (χ3n) is 5.01. The van der Waals surface area contributed by atoms with Crippen LogP contribution >= 0.6 is 0 Å². The zero-order valence-corrected chi connectivity index (χ0v) is 14.5. The number of amides is 1. The molecule has 1 fully saturated rings. The third kappa shape index (κ3) is 2.88. The van der Waals surface area contributed by atoms with E-state index in [1.807, 2.05) is 23.1 Å². The molecule has 1 aromatic carbocycles. The molecule has 0 spiro atoms. The number of nitrogens with zero attached hydrogens (tertiary/aromatic N) is 4. The first-order valence-corrected chi connectivity index (χ1v) is 8.86. The van der Waals surface area contributed by atoms with Crippen LogP contribution in [0.4, 0.5) is 0 Å². The molecule has 0 unspecified atom stereocenters. The Balaban J connectivity index is 1.26. The van der Waals surface area contributed by atoms with Gasteiger partial charge in [-0.1, -0.05) is 0 Å². The van der Waals surface area contributed by atoms with Crippen LogP contribution in [0.25, 0.3) is 22.5 Å². The highest BCUT2D eigenvalue weighted by Gasteiger charge is 2.28. The summed E-state index contributed by atoms with van der Waals surface area (Å²) in [5.41, 5.74) is 3.17. The second-order valence-corrected chi connectivity index (χ2v) is 6.66. The first-order chi connectivity index (χ1) is 13.3. The van der Waals surface area contributed by atoms with Gasteiger partial charge >= 0.3 is 0 Å². The van der Waals surface area contributed by atoms with Crippen molar-refractivity contribution in [2.45, 2.75) is 18.8 Å². The van der Waals surface area contributed by atoms with Crippen LogP contribution in [0.1, 0.15) is 35.0 Å². The van der Waals surface area contributed by atoms with Gasteiger partial charge in [0.05, 0.1) is 29.2 Å². The van der Waals surface area contributed by atoms with Gasteiger partial charge in [-0.25, -0.2) is 4.98 Å². The Kier molecular flexibility index (Phi) is 3.74. The summed E-state index contributed by atoms with van der Waals surface area (Å²) in [6.07, 6.45) is 6.38. The predicted octanol–water partition coefficient (Wildman–Crippen LogP) is 3.23. The average Bonchev–Trinajstić information content (AvgIpc) is 3.48. The van der Waals surface area contributed by atoms with Crippen LogP contribution in [0.5, 0.6) is 0 Å². The van der Waals surface area contributed by atoms with E-state index in [4.69, 9.17) is 8.83 Å². The third-order valence-corrected chi connectivity index (χ3v) is 5.01. The normalized spacial score (nSPS) is 15.5. The molecule has 27 heavy (non-hydrogen) atoms. The number of benzene rings is 1. The van der Waals surface area contributed by atoms with Gasteiger partial charge < -0.3 is 18.7 Å². The Labute approximate surface area is 154 Å². The van der Waals surface area contributed by atoms with Gasteiger partial charge in [-0.05, 0) is 37.1 Å². The number of aromatic amines is 1. The van der Waals surface area contributed by atoms with Crippen LogP contribution in [-0.2, 0) is 0 Å². The number of rotatable bonds is 3. The van der Waals surface area contributed by atoms with Gasteiger partial charge in [-0.3, -0.25) is 4.79 Å². The van der Waals surface area contributed by atoms with E-state index < -0.39 is 0 Å². The van der Waals surface area contributed by atoms with Crippen LogP contribution in [0, 0.1) is 0 Å². The van der Waals surface area contributed by atoms with Crippen molar-refractivity contribution in [3.63, 3.8) is 0 Å². The summed E-state index contributed by atoms with van der Waals surface area (Å²) in [7, 11) is 0. The van der Waals surface area contributed by atoms with E-state index in [9.17, 15) is 4.79 Å². The van der Waals surface area contributed by atoms with Crippen LogP contribution in [0.15, 0.2) is 52.0 Å². The maximum atomic E-state index is 12.8. The lowest BCUT2D eigenvalue weighted by Gasteiger charge is -2.30. The number of hydrogen-bond acceptors (Lipinski definition) is 6. The first-order valence-electron chi connectivity index (χ1n) is 8.86. The number of aromatic nitrogens is 4. The van der Waals surface area contributed by atoms with Gasteiger partial charge in [0.15, 0.2) is 0 Å². The maximum Gasteiger partial charge on any atom is 0.253 e. The largest absolute Gasteiger partial charge is 0.472 e. The minimum atomic E-state index is 0.0366. The number of carbonyl (C=O) groups is 1. The molecule has 3 aromatic heterocycles. The van der Waals surface area contributed by atoms with E-state index in [-0.39, 0.29) is 11.8 Å². The summed E-state index contributed by atoms with van der Waals surface area (Å²) in [6, 6.07) is 7.33. The Morgan fingerprint density at radius 1 is 1.19 bits per heavy atom. The fourth-order valence-electron chi connectivity index (χ4n) is 3.48. The Morgan fingerprint density at radius 3 is 2.89 bits per heavy atom. The highest BCUT2D eigenvalue weighted by molar-refractivity contribution is 5.97. The number of furan rings is 1. The zero-order chi connectivity index (χ0) is 18.2. The summed E-state index contributed by atoms with van der Waals surface area (Å²) in [5.74, 6) is 1.29. The topological polar surface area (TPSA) is 101 Å². The van der Waals surface area contributed by atoms with E-state index in [0.717, 1.165) is 29.4 Å². The van der Waals surface area contributed by atoms with Crippen molar-refractivity contribution >= 4 is 16.9 Å². The van der Waals surface area contributed by atoms with Gasteiger partial charge in [0, 0.05) is 24.6 Å². The molecule has 4 aromatic rings. The lowest BCUT2D eigenvalue weighted by molar-refractivity contribution is 0.0706. The number of H-pyrrole nitrogens is 1. The highest BCUT2D eigenvalue weighted by atomic mass is 16.4. The van der Waals surface area contributed by atoms with Crippen LogP contribution < -0.4 is 0 Å². The van der Waals surface area contributed by atoms with Gasteiger partial charge in [0.1, 0.15) is 6.26 Å². The monoisotopic (exact) mass is 363 g/mol. The maximum absolute atomic E-state index is 12.8. The van der Waals surface area contributed by atoms with E-state index >= 15 is 0 Å². The summed E-state index contributed by atoms with van der Waals surface area (Å²) < 4.78 is 10.8. The molecule has 0 aliphatic carbocycles. The van der Waals surface area contributed by atoms with Crippen molar-refractivity contribution < 1.29 is 13.6 Å². The minimum absolute atomic E-state index is 0.0366. The van der Waals surface area contributed by atoms with E-state index in [2.05, 4.69) is 20.2 Å². The molecule has 0 radical (unpaired) electrons. The van der Waals surface area contributed by atoms with Crippen molar-refractivity contribution in [2.75, 3.05) is 13.1 Å². The molecule has 136 valence electrons. The summed E-state index contributed by atoms with van der Waals surface area (Å²) in [5, 5.41) is 8.27. The Bertz CT molecular complexity index is 1070. The smallest absolute Gasteiger partial charge is 0.253 e. The molecule has 1 saturated heterocycles. The average molecular weight is 363 g/mol. The van der Waals surface area contributed by atoms with Crippen molar-refractivity contribution in [1.82, 2.24) is 25.1 Å². The molecule has 0 saturated carbocycles. The first kappa shape index (κ1) is 15.8. The van der Waals surface area contributed by atoms with Crippen LogP contribution in [0.2, 0.25) is 0 Å². The molecule has 1 N–H and O–H groups in total. The van der Waals surface area contributed by atoms with Crippen molar-refractivity contribution in [1.29, 1.82) is 0 Å². The Morgan fingerprint density at radius 2 is 2.07 bits per heavy atom. The zero-order valence-electron chi connectivity index (χ0n) is 14.5. The van der Waals surface area contributed by atoms with Gasteiger partial charge in [0.25, 0.3) is 11.8 Å². The van der Waals surface area contributed by atoms with Crippen molar-refractivity contribution in [3.8, 4) is 11.5 Å². The number of carbonyl (C=O) groups excluding carboxylic acids is 1. The lowest BCUT2D eigenvalue weighted by Crippen LogP contribution is -2.38. The predicted molar refractivity (Wildman–Crippen MR) is 96.0 cm³/mol. The minimum Gasteiger partial charge on any atom is -0.472 e. The van der Waals surface area contributed by atoms with E-state index in [0.29, 0.717) is 30.4 Å². The molecule has 1 amide bonds. The lowest BCUT2D eigenvalue weighted by atomic mass is 9.96. The fourth-order valence-corrected chi connectivity index (χ4v) is 3.48. The van der Waals surface area contributed by atoms with E-state index in [1.165, 1.54) is 0 Å². The summed E-state index contributed by atoms with van der Waals surface area (Å²) in [6.45, 7) is 1.32. The SMILES string of the molecule is O=C(c1ccc2nc[nH]c2c1)N1CCC(c2nnc(-c3ccoc3)o2)CC1. The number of hydrogen-bond donors (Lipinski definition) is 1. The van der Waals surface area contributed by atoms with E-state index in [1.54, 1.807) is 24.9 Å². The molecule has 4 heterocycles. The molecule has 8 nitrogen and oxygen atoms in total. The van der Waals surface area contributed by atoms with Gasteiger partial charge in [-0.15, -0.1) is 10.2 Å². The molecular formula is C19H17N5O3. The van der Waals surface area contributed by atoms with Crippen molar-refractivity contribution in [2.24, 2.45) is 0 Å². The summed E-state index contributed by atoms with van der Waals surface area (Å²) >= 11 is 0. The van der Waals surface area contributed by atoms with Crippen LogP contribution in [-0.4, -0.2) is 44.1 Å². The van der Waals surface area contributed by atoms with Crippen LogP contribution in [0.3, 0.4) is 0 Å². The summed E-state index contributed by atoms with van der Waals surface area (Å²) in [4.78, 5) is 21.9. The quantitative estimate of drug-likeness (QED) is 0.600. The molecule has 0 atom stereocenters. The van der Waals surface area contributed by atoms with Gasteiger partial charge in [0.2, 0.25) is 5.89 Å². The second-order valence-electron chi connectivity index (χ2n) is 6.66. The van der Waals surface area contributed by atoms with Crippen molar-refractivity contribution in [3.05, 3.63) is 54.6 Å². The fraction of sp³-hybridized carbons (Fsp3) is 0.263. The number of nitrogens with one attached hydrogen (secondary N) is 1. The number of likely N-dealkylation sites (tertiary alicyclic amines) is 1. The molecule has 8 heteroatoms. The number of imidazole rings is 1. The molecular weight excluding hydrogens is 346 g/mol. The number of piperidine rings is 1. The molecule has 1 aliphatic heterocycles. The molecule has 0 bridgehead atoms. The second kappa shape index (κ2) is 6.39. The highest BCUT2D eigenvalue weighted by Crippen LogP contribution is 2.30. The standard InChI is InChI=1S/C19H17N5O3/c25-19(13-1-2-15-16(9-13)21-11-20-15)24-6-3-12(4-7-24)17-22-23-18(27-17)14-5-8-26-10-14/h1-2,5,8-12H,3-4,6-7H2,(H,20,21). The molecule has 1 aliphatic rings. The number of fused-ring (bicyclic) bond motifs is 1. The van der Waals surface area contributed by atoms with Gasteiger partial charge in [-0.2, -0.15) is 0 Å².